The van der Waals surface area contributed by atoms with E-state index in [2.05, 4.69) is 24.8 Å². The van der Waals surface area contributed by atoms with Gasteiger partial charge in [-0.25, -0.2) is 0 Å². The first-order valence-corrected chi connectivity index (χ1v) is 12.4. The molecule has 31 heavy (non-hydrogen) atoms. The second-order valence-electron chi connectivity index (χ2n) is 10.5. The molecule has 1 saturated carbocycles. The lowest BCUT2D eigenvalue weighted by molar-refractivity contribution is -0.154. The number of hydrogen-bond donors (Lipinski definition) is 1. The summed E-state index contributed by atoms with van der Waals surface area (Å²) in [6.07, 6.45) is 12.5. The first kappa shape index (κ1) is 21.4. The van der Waals surface area contributed by atoms with Crippen LogP contribution in [0.15, 0.2) is 22.8 Å². The molecule has 0 amide bonds. The molecule has 5 rings (SSSR count). The fourth-order valence-corrected chi connectivity index (χ4v) is 6.96. The van der Waals surface area contributed by atoms with Gasteiger partial charge in [-0.1, -0.05) is 24.5 Å². The molecule has 0 aromatic rings. The second-order valence-corrected chi connectivity index (χ2v) is 10.5. The summed E-state index contributed by atoms with van der Waals surface area (Å²) in [6, 6.07) is 0. The zero-order valence-electron chi connectivity index (χ0n) is 18.8. The highest BCUT2D eigenvalue weighted by atomic mass is 16.7. The highest BCUT2D eigenvalue weighted by Gasteiger charge is 2.53. The number of Topliss-reactive ketones (excluding diaryl/α,β-unsaturated/α-hetero) is 1. The summed E-state index contributed by atoms with van der Waals surface area (Å²) in [4.78, 5) is 12.3. The molecule has 4 nitrogen and oxygen atoms in total. The number of ether oxygens (including phenoxy) is 2. The Morgan fingerprint density at radius 1 is 1.23 bits per heavy atom. The maximum atomic E-state index is 12.3. The zero-order chi connectivity index (χ0) is 21.4. The van der Waals surface area contributed by atoms with Gasteiger partial charge in [-0.05, 0) is 80.3 Å². The molecule has 2 fully saturated rings. The van der Waals surface area contributed by atoms with Crippen LogP contribution in [0.1, 0.15) is 77.6 Å². The molecule has 6 atom stereocenters. The third kappa shape index (κ3) is 4.06. The Kier molecular flexibility index (Phi) is 6.12. The first-order chi connectivity index (χ1) is 15.1. The van der Waals surface area contributed by atoms with Crippen molar-refractivity contribution >= 4 is 5.78 Å². The van der Waals surface area contributed by atoms with Gasteiger partial charge in [-0.15, -0.1) is 5.92 Å². The second kappa shape index (κ2) is 8.85. The van der Waals surface area contributed by atoms with Crippen molar-refractivity contribution < 1.29 is 19.4 Å². The van der Waals surface area contributed by atoms with Crippen LogP contribution >= 0.6 is 0 Å². The van der Waals surface area contributed by atoms with Gasteiger partial charge in [0.05, 0.1) is 6.10 Å². The first-order valence-electron chi connectivity index (χ1n) is 12.4. The van der Waals surface area contributed by atoms with Gasteiger partial charge >= 0.3 is 0 Å². The van der Waals surface area contributed by atoms with Crippen LogP contribution in [0.5, 0.6) is 0 Å². The molecule has 1 aliphatic heterocycles. The minimum atomic E-state index is -0.184. The van der Waals surface area contributed by atoms with Gasteiger partial charge in [0.1, 0.15) is 12.4 Å². The van der Waals surface area contributed by atoms with E-state index in [-0.39, 0.29) is 17.8 Å². The predicted molar refractivity (Wildman–Crippen MR) is 119 cm³/mol. The van der Waals surface area contributed by atoms with Gasteiger partial charge in [-0.2, -0.15) is 0 Å². The molecule has 1 N–H and O–H groups in total. The fraction of sp³-hybridized carbons (Fsp3) is 0.741. The molecular weight excluding hydrogens is 388 g/mol. The van der Waals surface area contributed by atoms with E-state index in [0.29, 0.717) is 43.0 Å². The standard InChI is InChI=1S/C27H36O4/c1-27-13-12-21-20-9-8-19(28)17-22(20)18(16-23(21)24(27)10-11-25(27)29)6-2-4-14-30-26-7-3-5-15-31-26/h12,18,23-26,29H,3,5-11,13-17H2,1H3/t18-,23-,24+,25+,26?,27+/m1/s1. The maximum absolute atomic E-state index is 12.3. The van der Waals surface area contributed by atoms with Crippen molar-refractivity contribution in [2.24, 2.45) is 23.2 Å². The van der Waals surface area contributed by atoms with E-state index in [0.717, 1.165) is 64.4 Å². The van der Waals surface area contributed by atoms with E-state index in [1.54, 1.807) is 0 Å². The Morgan fingerprint density at radius 2 is 2.13 bits per heavy atom. The summed E-state index contributed by atoms with van der Waals surface area (Å²) in [6.45, 7) is 3.50. The van der Waals surface area contributed by atoms with Crippen LogP contribution in [0.4, 0.5) is 0 Å². The number of hydrogen-bond acceptors (Lipinski definition) is 4. The van der Waals surface area contributed by atoms with E-state index in [1.165, 1.54) is 16.7 Å². The lowest BCUT2D eigenvalue weighted by Gasteiger charge is -2.48. The Bertz CT molecular complexity index is 837. The van der Waals surface area contributed by atoms with Gasteiger partial charge < -0.3 is 14.6 Å². The number of aliphatic hydroxyl groups excluding tert-OH is 1. The van der Waals surface area contributed by atoms with Crippen molar-refractivity contribution in [1.82, 2.24) is 0 Å². The largest absolute Gasteiger partial charge is 0.393 e. The lowest BCUT2D eigenvalue weighted by atomic mass is 9.56. The third-order valence-electron chi connectivity index (χ3n) is 8.77. The number of fused-ring (bicyclic) bond motifs is 4. The summed E-state index contributed by atoms with van der Waals surface area (Å²) in [5.74, 6) is 8.39. The number of allylic oxidation sites excluding steroid dienone is 4. The maximum Gasteiger partial charge on any atom is 0.158 e. The van der Waals surface area contributed by atoms with E-state index in [1.807, 2.05) is 0 Å². The number of carbonyl (C=O) groups excluding carboxylic acids is 1. The van der Waals surface area contributed by atoms with E-state index in [4.69, 9.17) is 9.47 Å². The summed E-state index contributed by atoms with van der Waals surface area (Å²) in [5, 5.41) is 10.7. The van der Waals surface area contributed by atoms with Crippen molar-refractivity contribution in [3.05, 3.63) is 22.8 Å². The molecule has 0 spiro atoms. The topological polar surface area (TPSA) is 55.8 Å². The summed E-state index contributed by atoms with van der Waals surface area (Å²) < 4.78 is 11.4. The molecular formula is C27H36O4. The zero-order valence-corrected chi connectivity index (χ0v) is 18.8. The summed E-state index contributed by atoms with van der Waals surface area (Å²) >= 11 is 0. The normalized spacial score (nSPS) is 39.7. The molecule has 1 unspecified atom stereocenters. The SMILES string of the molecule is C[C@]12CC=C3C4=C(CC(=O)CC4)[C@H](CC#CCOC4CCCCO4)C[C@H]3[C@@H]1CC[C@@H]2O. The predicted octanol–water partition coefficient (Wildman–Crippen LogP) is 4.72. The van der Waals surface area contributed by atoms with Crippen LogP contribution in [0.3, 0.4) is 0 Å². The average Bonchev–Trinajstić information content (AvgIpc) is 3.09. The van der Waals surface area contributed by atoms with Crippen LogP contribution in [0.25, 0.3) is 0 Å². The van der Waals surface area contributed by atoms with Crippen molar-refractivity contribution in [2.45, 2.75) is 89.9 Å². The van der Waals surface area contributed by atoms with Gasteiger partial charge in [0.2, 0.25) is 0 Å². The molecule has 4 aliphatic carbocycles. The van der Waals surface area contributed by atoms with Crippen molar-refractivity contribution in [3.63, 3.8) is 0 Å². The number of rotatable bonds is 3. The number of ketones is 1. The van der Waals surface area contributed by atoms with E-state index in [9.17, 15) is 9.90 Å². The Labute approximate surface area is 186 Å². The third-order valence-corrected chi connectivity index (χ3v) is 8.77. The van der Waals surface area contributed by atoms with Gasteiger partial charge in [-0.3, -0.25) is 4.79 Å². The lowest BCUT2D eigenvalue weighted by Crippen LogP contribution is -2.42. The smallest absolute Gasteiger partial charge is 0.158 e. The Morgan fingerprint density at radius 3 is 2.97 bits per heavy atom. The molecule has 1 saturated heterocycles. The van der Waals surface area contributed by atoms with Crippen LogP contribution in [0.2, 0.25) is 0 Å². The minimum Gasteiger partial charge on any atom is -0.393 e. The summed E-state index contributed by atoms with van der Waals surface area (Å²) in [7, 11) is 0. The quantitative estimate of drug-likeness (QED) is 0.667. The van der Waals surface area contributed by atoms with Gasteiger partial charge in [0, 0.05) is 31.3 Å². The monoisotopic (exact) mass is 424 g/mol. The van der Waals surface area contributed by atoms with Gasteiger partial charge in [0.25, 0.3) is 0 Å². The van der Waals surface area contributed by atoms with E-state index >= 15 is 0 Å². The van der Waals surface area contributed by atoms with Crippen LogP contribution in [-0.4, -0.2) is 36.5 Å². The molecule has 168 valence electrons. The molecule has 5 aliphatic rings. The number of aliphatic hydroxyl groups is 1. The molecule has 0 radical (unpaired) electrons. The minimum absolute atomic E-state index is 0.0147. The fourth-order valence-electron chi connectivity index (χ4n) is 6.96. The molecule has 4 heteroatoms. The van der Waals surface area contributed by atoms with Crippen LogP contribution < -0.4 is 0 Å². The Balaban J connectivity index is 1.32. The van der Waals surface area contributed by atoms with Crippen LogP contribution in [-0.2, 0) is 14.3 Å². The van der Waals surface area contributed by atoms with Crippen molar-refractivity contribution in [2.75, 3.05) is 13.2 Å². The van der Waals surface area contributed by atoms with Crippen LogP contribution in [0, 0.1) is 35.0 Å². The summed E-state index contributed by atoms with van der Waals surface area (Å²) in [5.41, 5.74) is 4.37. The van der Waals surface area contributed by atoms with Crippen molar-refractivity contribution in [1.29, 1.82) is 0 Å². The van der Waals surface area contributed by atoms with E-state index < -0.39 is 0 Å². The average molecular weight is 425 g/mol. The molecule has 0 bridgehead atoms. The van der Waals surface area contributed by atoms with Crippen molar-refractivity contribution in [3.8, 4) is 11.8 Å². The Hall–Kier alpha value is -1.41. The molecule has 0 aromatic heterocycles. The molecule has 1 heterocycles. The highest BCUT2D eigenvalue weighted by Crippen LogP contribution is 2.60. The van der Waals surface area contributed by atoms with Gasteiger partial charge in [0.15, 0.2) is 6.29 Å². The highest BCUT2D eigenvalue weighted by molar-refractivity contribution is 5.83. The number of carbonyl (C=O) groups is 1. The molecule has 0 aromatic carbocycles.